The summed E-state index contributed by atoms with van der Waals surface area (Å²) in [5.74, 6) is 0. The summed E-state index contributed by atoms with van der Waals surface area (Å²) in [4.78, 5) is 20.6. The molecule has 2 amide bonds. The van der Waals surface area contributed by atoms with Gasteiger partial charge in [-0.2, -0.15) is 0 Å². The number of rotatable bonds is 4. The zero-order chi connectivity index (χ0) is 8.69. The lowest BCUT2D eigenvalue weighted by Gasteiger charge is -2.09. The highest BCUT2D eigenvalue weighted by atomic mass is 16.2. The van der Waals surface area contributed by atoms with Crippen molar-refractivity contribution in [3.63, 3.8) is 0 Å². The molecule has 0 aliphatic carbocycles. The molecule has 0 saturated heterocycles. The van der Waals surface area contributed by atoms with Crippen molar-refractivity contribution in [2.45, 2.75) is 12.5 Å². The van der Waals surface area contributed by atoms with Gasteiger partial charge in [-0.3, -0.25) is 0 Å². The van der Waals surface area contributed by atoms with Gasteiger partial charge in [0.1, 0.15) is 6.29 Å². The molecule has 0 aromatic carbocycles. The summed E-state index contributed by atoms with van der Waals surface area (Å²) >= 11 is 0. The van der Waals surface area contributed by atoms with Crippen LogP contribution in [0.1, 0.15) is 6.42 Å². The molecule has 0 heterocycles. The Kier molecular flexibility index (Phi) is 4.72. The highest BCUT2D eigenvalue weighted by Gasteiger charge is 2.05. The van der Waals surface area contributed by atoms with Crippen molar-refractivity contribution >= 4 is 18.5 Å². The molecule has 0 radical (unpaired) electrons. The lowest BCUT2D eigenvalue weighted by Crippen LogP contribution is -2.41. The molecule has 3 N–H and O–H groups in total. The monoisotopic (exact) mass is 157 g/mol. The van der Waals surface area contributed by atoms with Crippen LogP contribution in [-0.4, -0.2) is 31.6 Å². The van der Waals surface area contributed by atoms with Gasteiger partial charge in [0.05, 0.1) is 6.04 Å². The Labute approximate surface area is 64.7 Å². The van der Waals surface area contributed by atoms with Crippen molar-refractivity contribution in [2.24, 2.45) is 0 Å². The Balaban J connectivity index is 3.76. The van der Waals surface area contributed by atoms with Crippen molar-refractivity contribution in [1.82, 2.24) is 10.6 Å². The maximum Gasteiger partial charge on any atom is 0.315 e. The van der Waals surface area contributed by atoms with Crippen molar-refractivity contribution < 1.29 is 9.59 Å². The molecule has 62 valence electrons. The predicted octanol–water partition coefficient (Wildman–Crippen LogP) is -0.477. The average Bonchev–Trinajstić information content (AvgIpc) is 2.03. The van der Waals surface area contributed by atoms with E-state index in [9.17, 15) is 9.59 Å². The predicted molar refractivity (Wildman–Crippen MR) is 40.8 cm³/mol. The SMILES string of the molecule is CNC(=O)NC(C=N)CC=O. The van der Waals surface area contributed by atoms with Crippen LogP contribution in [0, 0.1) is 5.41 Å². The molecule has 11 heavy (non-hydrogen) atoms. The number of urea groups is 1. The summed E-state index contributed by atoms with van der Waals surface area (Å²) in [5, 5.41) is 11.5. The number of nitrogens with one attached hydrogen (secondary N) is 3. The Morgan fingerprint density at radius 3 is 2.73 bits per heavy atom. The first-order valence-corrected chi connectivity index (χ1v) is 3.17. The van der Waals surface area contributed by atoms with Crippen LogP contribution >= 0.6 is 0 Å². The van der Waals surface area contributed by atoms with Gasteiger partial charge in [-0.1, -0.05) is 0 Å². The summed E-state index contributed by atoms with van der Waals surface area (Å²) in [7, 11) is 1.47. The molecule has 0 rings (SSSR count). The molecule has 1 atom stereocenters. The molecular weight excluding hydrogens is 146 g/mol. The molecule has 0 spiro atoms. The van der Waals surface area contributed by atoms with E-state index in [-0.39, 0.29) is 12.5 Å². The Morgan fingerprint density at radius 1 is 1.73 bits per heavy atom. The average molecular weight is 157 g/mol. The smallest absolute Gasteiger partial charge is 0.315 e. The van der Waals surface area contributed by atoms with E-state index in [2.05, 4.69) is 10.6 Å². The van der Waals surface area contributed by atoms with E-state index in [1.165, 1.54) is 7.05 Å². The van der Waals surface area contributed by atoms with Crippen LogP contribution in [0.4, 0.5) is 4.79 Å². The molecular formula is C6H11N3O2. The van der Waals surface area contributed by atoms with E-state index in [1.54, 1.807) is 0 Å². The lowest BCUT2D eigenvalue weighted by atomic mass is 10.2. The first kappa shape index (κ1) is 9.61. The molecule has 0 aliphatic rings. The van der Waals surface area contributed by atoms with Crippen LogP contribution in [-0.2, 0) is 4.79 Å². The fourth-order valence-corrected chi connectivity index (χ4v) is 0.513. The normalized spacial score (nSPS) is 11.4. The molecule has 5 heteroatoms. The molecule has 0 fully saturated rings. The lowest BCUT2D eigenvalue weighted by molar-refractivity contribution is -0.107. The topological polar surface area (TPSA) is 82.1 Å². The van der Waals surface area contributed by atoms with Gasteiger partial charge in [-0.05, 0) is 0 Å². The highest BCUT2D eigenvalue weighted by Crippen LogP contribution is 1.82. The summed E-state index contributed by atoms with van der Waals surface area (Å²) < 4.78 is 0. The Bertz CT molecular complexity index is 158. The molecule has 0 aromatic heterocycles. The zero-order valence-corrected chi connectivity index (χ0v) is 6.26. The Hall–Kier alpha value is -1.39. The fraction of sp³-hybridized carbons (Fsp3) is 0.500. The number of hydrogen-bond donors (Lipinski definition) is 3. The van der Waals surface area contributed by atoms with Crippen molar-refractivity contribution in [1.29, 1.82) is 5.41 Å². The first-order chi connectivity index (χ1) is 5.24. The van der Waals surface area contributed by atoms with Gasteiger partial charge in [-0.25, -0.2) is 4.79 Å². The number of carbonyl (C=O) groups excluding carboxylic acids is 2. The summed E-state index contributed by atoms with van der Waals surface area (Å²) in [5.41, 5.74) is 0. The molecule has 0 bridgehead atoms. The molecule has 0 aromatic rings. The second-order valence-electron chi connectivity index (χ2n) is 1.90. The van der Waals surface area contributed by atoms with Crippen LogP contribution in [0.5, 0.6) is 0 Å². The third kappa shape index (κ3) is 4.07. The van der Waals surface area contributed by atoms with Crippen LogP contribution in [0.2, 0.25) is 0 Å². The minimum Gasteiger partial charge on any atom is -0.341 e. The van der Waals surface area contributed by atoms with Crippen LogP contribution < -0.4 is 10.6 Å². The van der Waals surface area contributed by atoms with Crippen molar-refractivity contribution in [3.05, 3.63) is 0 Å². The standard InChI is InChI=1S/C6H11N3O2/c1-8-6(11)9-5(4-7)2-3-10/h3-5,7H,2H2,1H3,(H2,8,9,11). The van der Waals surface area contributed by atoms with Gasteiger partial charge in [0.25, 0.3) is 0 Å². The zero-order valence-electron chi connectivity index (χ0n) is 6.26. The van der Waals surface area contributed by atoms with E-state index < -0.39 is 6.04 Å². The van der Waals surface area contributed by atoms with E-state index in [4.69, 9.17) is 5.41 Å². The maximum atomic E-state index is 10.6. The summed E-state index contributed by atoms with van der Waals surface area (Å²) in [6, 6.07) is -0.882. The summed E-state index contributed by atoms with van der Waals surface area (Å²) in [6.45, 7) is 0. The molecule has 0 aliphatic heterocycles. The van der Waals surface area contributed by atoms with E-state index >= 15 is 0 Å². The van der Waals surface area contributed by atoms with Gasteiger partial charge in [0.15, 0.2) is 0 Å². The first-order valence-electron chi connectivity index (χ1n) is 3.17. The van der Waals surface area contributed by atoms with Gasteiger partial charge in [0.2, 0.25) is 0 Å². The molecule has 5 nitrogen and oxygen atoms in total. The number of hydrogen-bond acceptors (Lipinski definition) is 3. The van der Waals surface area contributed by atoms with Crippen molar-refractivity contribution in [2.75, 3.05) is 7.05 Å². The van der Waals surface area contributed by atoms with Gasteiger partial charge >= 0.3 is 6.03 Å². The third-order valence-corrected chi connectivity index (χ3v) is 1.09. The van der Waals surface area contributed by atoms with E-state index in [0.29, 0.717) is 6.29 Å². The second-order valence-corrected chi connectivity index (χ2v) is 1.90. The minimum absolute atomic E-state index is 0.136. The largest absolute Gasteiger partial charge is 0.341 e. The van der Waals surface area contributed by atoms with Crippen molar-refractivity contribution in [3.8, 4) is 0 Å². The van der Waals surface area contributed by atoms with Crippen LogP contribution in [0.15, 0.2) is 0 Å². The van der Waals surface area contributed by atoms with Gasteiger partial charge < -0.3 is 20.8 Å². The quantitative estimate of drug-likeness (QED) is 0.380. The van der Waals surface area contributed by atoms with Gasteiger partial charge in [0, 0.05) is 19.7 Å². The highest BCUT2D eigenvalue weighted by molar-refractivity contribution is 5.79. The van der Waals surface area contributed by atoms with E-state index in [1.807, 2.05) is 0 Å². The minimum atomic E-state index is -0.493. The number of aldehydes is 1. The third-order valence-electron chi connectivity index (χ3n) is 1.09. The second kappa shape index (κ2) is 5.40. The summed E-state index contributed by atoms with van der Waals surface area (Å²) in [6.07, 6.45) is 1.81. The maximum absolute atomic E-state index is 10.6. The number of amides is 2. The number of carbonyl (C=O) groups is 2. The van der Waals surface area contributed by atoms with Gasteiger partial charge in [-0.15, -0.1) is 0 Å². The Morgan fingerprint density at radius 2 is 2.36 bits per heavy atom. The van der Waals surface area contributed by atoms with E-state index in [0.717, 1.165) is 6.21 Å². The van der Waals surface area contributed by atoms with Crippen LogP contribution in [0.3, 0.4) is 0 Å². The molecule has 0 saturated carbocycles. The van der Waals surface area contributed by atoms with Crippen LogP contribution in [0.25, 0.3) is 0 Å². The fourth-order valence-electron chi connectivity index (χ4n) is 0.513. The molecule has 1 unspecified atom stereocenters.